The summed E-state index contributed by atoms with van der Waals surface area (Å²) in [6, 6.07) is 27.6. The monoisotopic (exact) mass is 681 g/mol. The molecule has 242 valence electrons. The maximum absolute atomic E-state index is 14.5. The molecule has 11 heteroatoms. The Morgan fingerprint density at radius 1 is 0.826 bits per heavy atom. The molecule has 0 fully saturated rings. The van der Waals surface area contributed by atoms with Gasteiger partial charge in [-0.25, -0.2) is 8.42 Å². The van der Waals surface area contributed by atoms with Crippen molar-refractivity contribution in [3.05, 3.63) is 124 Å². The van der Waals surface area contributed by atoms with E-state index in [4.69, 9.17) is 27.9 Å². The Labute approximate surface area is 280 Å². The van der Waals surface area contributed by atoms with Crippen LogP contribution in [0.3, 0.4) is 0 Å². The molecular weight excluding hydrogens is 645 g/mol. The molecule has 0 saturated heterocycles. The Balaban J connectivity index is 1.81. The maximum atomic E-state index is 14.5. The molecule has 0 heterocycles. The predicted molar refractivity (Wildman–Crippen MR) is 183 cm³/mol. The van der Waals surface area contributed by atoms with E-state index in [-0.39, 0.29) is 35.4 Å². The summed E-state index contributed by atoms with van der Waals surface area (Å²) >= 11 is 13.1. The summed E-state index contributed by atoms with van der Waals surface area (Å²) in [5, 5.41) is 3.60. The highest BCUT2D eigenvalue weighted by atomic mass is 35.5. The van der Waals surface area contributed by atoms with E-state index in [9.17, 15) is 18.0 Å². The Bertz CT molecular complexity index is 1700. The molecule has 4 aromatic carbocycles. The first-order chi connectivity index (χ1) is 22.0. The van der Waals surface area contributed by atoms with E-state index in [0.29, 0.717) is 27.9 Å². The van der Waals surface area contributed by atoms with Crippen LogP contribution in [0.2, 0.25) is 10.0 Å². The van der Waals surface area contributed by atoms with Gasteiger partial charge in [0.05, 0.1) is 17.7 Å². The molecule has 0 radical (unpaired) electrons. The highest BCUT2D eigenvalue weighted by Crippen LogP contribution is 2.29. The summed E-state index contributed by atoms with van der Waals surface area (Å²) in [6.45, 7) is 3.61. The molecular formula is C35H37Cl2N3O5S. The smallest absolute Gasteiger partial charge is 0.264 e. The summed E-state index contributed by atoms with van der Waals surface area (Å²) in [5.74, 6) is -0.345. The molecule has 2 amide bonds. The van der Waals surface area contributed by atoms with Crippen LogP contribution in [0.5, 0.6) is 5.75 Å². The van der Waals surface area contributed by atoms with Crippen LogP contribution in [0, 0.1) is 5.92 Å². The molecule has 4 rings (SSSR count). The second-order valence-corrected chi connectivity index (χ2v) is 13.8. The lowest BCUT2D eigenvalue weighted by Gasteiger charge is -2.34. The lowest BCUT2D eigenvalue weighted by atomic mass is 10.0. The van der Waals surface area contributed by atoms with Gasteiger partial charge in [-0.1, -0.05) is 91.6 Å². The van der Waals surface area contributed by atoms with Gasteiger partial charge in [-0.15, -0.1) is 0 Å². The van der Waals surface area contributed by atoms with Crippen LogP contribution in [0.1, 0.15) is 25.0 Å². The number of para-hydroxylation sites is 1. The zero-order chi connectivity index (χ0) is 33.3. The number of ether oxygens (including phenoxy) is 1. The van der Waals surface area contributed by atoms with Gasteiger partial charge in [-0.3, -0.25) is 13.9 Å². The highest BCUT2D eigenvalue weighted by Gasteiger charge is 2.35. The van der Waals surface area contributed by atoms with Gasteiger partial charge < -0.3 is 15.0 Å². The fourth-order valence-electron chi connectivity index (χ4n) is 4.83. The second-order valence-electron chi connectivity index (χ2n) is 11.1. The third-order valence-corrected chi connectivity index (χ3v) is 9.81. The molecule has 8 nitrogen and oxygen atoms in total. The molecule has 46 heavy (non-hydrogen) atoms. The number of methoxy groups -OCH3 is 1. The molecule has 4 aromatic rings. The molecule has 0 aromatic heterocycles. The third kappa shape index (κ3) is 8.81. The molecule has 1 N–H and O–H groups in total. The van der Waals surface area contributed by atoms with Gasteiger partial charge in [0.1, 0.15) is 18.3 Å². The summed E-state index contributed by atoms with van der Waals surface area (Å²) < 4.78 is 34.5. The molecule has 0 aliphatic heterocycles. The van der Waals surface area contributed by atoms with Gasteiger partial charge in [0.15, 0.2) is 0 Å². The van der Waals surface area contributed by atoms with E-state index >= 15 is 0 Å². The molecule has 0 unspecified atom stereocenters. The number of sulfonamides is 1. The first-order valence-electron chi connectivity index (χ1n) is 14.8. The minimum Gasteiger partial charge on any atom is -0.497 e. The first kappa shape index (κ1) is 34.8. The van der Waals surface area contributed by atoms with Crippen molar-refractivity contribution >= 4 is 50.7 Å². The molecule has 0 saturated carbocycles. The number of nitrogens with one attached hydrogen (secondary N) is 1. The molecule has 0 spiro atoms. The number of benzene rings is 4. The second kappa shape index (κ2) is 16.0. The van der Waals surface area contributed by atoms with Crippen LogP contribution in [0.15, 0.2) is 108 Å². The largest absolute Gasteiger partial charge is 0.497 e. The Kier molecular flexibility index (Phi) is 12.1. The van der Waals surface area contributed by atoms with Crippen molar-refractivity contribution in [1.29, 1.82) is 0 Å². The van der Waals surface area contributed by atoms with Crippen LogP contribution in [0.25, 0.3) is 0 Å². The van der Waals surface area contributed by atoms with Crippen molar-refractivity contribution in [3.8, 4) is 5.75 Å². The van der Waals surface area contributed by atoms with Crippen LogP contribution in [-0.2, 0) is 32.6 Å². The minimum atomic E-state index is -4.25. The standard InChI is InChI=1S/C35H37Cl2N3O5S/c1-25(2)22-38-35(42)33(21-26-11-6-4-7-12-26)39(23-30-31(36)15-10-16-32(30)37)34(41)24-40(27-13-8-5-9-14-27)46(43,44)29-19-17-28(45-3)18-20-29/h4-20,25,33H,21-24H2,1-3H3,(H,38,42)/t33-/m1/s1. The van der Waals surface area contributed by atoms with E-state index in [1.165, 1.54) is 24.1 Å². The van der Waals surface area contributed by atoms with Gasteiger partial charge in [0.2, 0.25) is 11.8 Å². The Hall–Kier alpha value is -4.05. The van der Waals surface area contributed by atoms with Crippen molar-refractivity contribution in [1.82, 2.24) is 10.2 Å². The molecule has 0 aliphatic carbocycles. The zero-order valence-electron chi connectivity index (χ0n) is 25.9. The normalized spacial score (nSPS) is 12.0. The van der Waals surface area contributed by atoms with E-state index < -0.39 is 28.5 Å². The lowest BCUT2D eigenvalue weighted by Crippen LogP contribution is -2.53. The highest BCUT2D eigenvalue weighted by molar-refractivity contribution is 7.92. The zero-order valence-corrected chi connectivity index (χ0v) is 28.2. The number of nitrogens with zero attached hydrogens (tertiary/aromatic N) is 2. The Morgan fingerprint density at radius 2 is 1.41 bits per heavy atom. The van der Waals surface area contributed by atoms with Crippen LogP contribution in [0.4, 0.5) is 5.69 Å². The lowest BCUT2D eigenvalue weighted by molar-refractivity contribution is -0.140. The SMILES string of the molecule is COc1ccc(S(=O)(=O)N(CC(=O)N(Cc2c(Cl)cccc2Cl)[C@H](Cc2ccccc2)C(=O)NCC(C)C)c2ccccc2)cc1. The number of rotatable bonds is 14. The molecule has 0 bridgehead atoms. The van der Waals surface area contributed by atoms with Gasteiger partial charge >= 0.3 is 0 Å². The van der Waals surface area contributed by atoms with Gasteiger partial charge in [0, 0.05) is 35.1 Å². The number of halogens is 2. The van der Waals surface area contributed by atoms with Crippen molar-refractivity contribution < 1.29 is 22.7 Å². The van der Waals surface area contributed by atoms with E-state index in [1.54, 1.807) is 60.7 Å². The summed E-state index contributed by atoms with van der Waals surface area (Å²) in [4.78, 5) is 29.8. The molecule has 1 atom stereocenters. The van der Waals surface area contributed by atoms with E-state index in [2.05, 4.69) is 5.32 Å². The third-order valence-electron chi connectivity index (χ3n) is 7.32. The fourth-order valence-corrected chi connectivity index (χ4v) is 6.76. The van der Waals surface area contributed by atoms with Gasteiger partial charge in [-0.2, -0.15) is 0 Å². The van der Waals surface area contributed by atoms with Crippen molar-refractivity contribution in [2.24, 2.45) is 5.92 Å². The first-order valence-corrected chi connectivity index (χ1v) is 17.0. The number of hydrogen-bond donors (Lipinski definition) is 1. The quantitative estimate of drug-likeness (QED) is 0.162. The summed E-state index contributed by atoms with van der Waals surface area (Å²) in [6.07, 6.45) is 0.176. The number of carbonyl (C=O) groups excluding carboxylic acids is 2. The predicted octanol–water partition coefficient (Wildman–Crippen LogP) is 6.61. The number of carbonyl (C=O) groups is 2. The number of amides is 2. The van der Waals surface area contributed by atoms with Gasteiger partial charge in [0.25, 0.3) is 10.0 Å². The minimum absolute atomic E-state index is 0.0267. The maximum Gasteiger partial charge on any atom is 0.264 e. The van der Waals surface area contributed by atoms with Crippen molar-refractivity contribution in [2.75, 3.05) is 24.5 Å². The average Bonchev–Trinajstić information content (AvgIpc) is 3.06. The van der Waals surface area contributed by atoms with E-state index in [0.717, 1.165) is 9.87 Å². The Morgan fingerprint density at radius 3 is 1.98 bits per heavy atom. The topological polar surface area (TPSA) is 96.0 Å². The number of hydrogen-bond acceptors (Lipinski definition) is 5. The van der Waals surface area contributed by atoms with Crippen LogP contribution < -0.4 is 14.4 Å². The van der Waals surface area contributed by atoms with Gasteiger partial charge in [-0.05, 0) is 60.0 Å². The summed E-state index contributed by atoms with van der Waals surface area (Å²) in [5.41, 5.74) is 1.55. The van der Waals surface area contributed by atoms with Crippen LogP contribution in [-0.4, -0.2) is 51.4 Å². The van der Waals surface area contributed by atoms with E-state index in [1.807, 2.05) is 44.2 Å². The molecule has 0 aliphatic rings. The number of anilines is 1. The average molecular weight is 683 g/mol. The summed E-state index contributed by atoms with van der Waals surface area (Å²) in [7, 11) is -2.76. The van der Waals surface area contributed by atoms with Crippen molar-refractivity contribution in [2.45, 2.75) is 37.8 Å². The fraction of sp³-hybridized carbons (Fsp3) is 0.257. The van der Waals surface area contributed by atoms with Crippen molar-refractivity contribution in [3.63, 3.8) is 0 Å². The van der Waals surface area contributed by atoms with Crippen LogP contribution >= 0.6 is 23.2 Å².